The van der Waals surface area contributed by atoms with Crippen molar-refractivity contribution in [3.63, 3.8) is 0 Å². The quantitative estimate of drug-likeness (QED) is 0.650. The number of amides is 2. The van der Waals surface area contributed by atoms with Gasteiger partial charge in [0.25, 0.3) is 0 Å². The molecule has 1 heterocycles. The minimum Gasteiger partial charge on any atom is -0.340 e. The lowest BCUT2D eigenvalue weighted by Crippen LogP contribution is -2.50. The predicted molar refractivity (Wildman–Crippen MR) is 106 cm³/mol. The number of piperazine rings is 1. The van der Waals surface area contributed by atoms with Crippen LogP contribution >= 0.6 is 0 Å². The summed E-state index contributed by atoms with van der Waals surface area (Å²) in [5, 5.41) is 2.91. The van der Waals surface area contributed by atoms with Gasteiger partial charge in [0.05, 0.1) is 6.54 Å². The molecular formula is C21H33N3O2. The summed E-state index contributed by atoms with van der Waals surface area (Å²) >= 11 is 0. The molecule has 0 saturated carbocycles. The van der Waals surface area contributed by atoms with Gasteiger partial charge in [-0.3, -0.25) is 14.5 Å². The third-order valence-corrected chi connectivity index (χ3v) is 4.89. The number of hydrogen-bond donors (Lipinski definition) is 1. The molecule has 1 aliphatic heterocycles. The summed E-state index contributed by atoms with van der Waals surface area (Å²) in [6.45, 7) is 5.60. The predicted octanol–water partition coefficient (Wildman–Crippen LogP) is 3.52. The van der Waals surface area contributed by atoms with E-state index in [0.29, 0.717) is 13.0 Å². The standard InChI is InChI=1S/C21H33N3O2/c1-2-3-4-5-6-10-13-21(26)24-16-14-23(15-17-24)18-20(25)22-19-11-8-7-9-12-19/h7-9,11-12H,2-6,10,13-18H2,1H3,(H,22,25). The Morgan fingerprint density at radius 3 is 2.27 bits per heavy atom. The summed E-state index contributed by atoms with van der Waals surface area (Å²) in [4.78, 5) is 28.5. The molecule has 1 aromatic carbocycles. The van der Waals surface area contributed by atoms with E-state index < -0.39 is 0 Å². The second-order valence-corrected chi connectivity index (χ2v) is 7.09. The van der Waals surface area contributed by atoms with Crippen LogP contribution in [0.15, 0.2) is 30.3 Å². The highest BCUT2D eigenvalue weighted by Crippen LogP contribution is 2.10. The van der Waals surface area contributed by atoms with Crippen molar-refractivity contribution in [1.29, 1.82) is 0 Å². The number of para-hydroxylation sites is 1. The molecule has 0 aliphatic carbocycles. The highest BCUT2D eigenvalue weighted by atomic mass is 16.2. The van der Waals surface area contributed by atoms with Crippen molar-refractivity contribution in [2.24, 2.45) is 0 Å². The van der Waals surface area contributed by atoms with Crippen LogP contribution in [0.5, 0.6) is 0 Å². The van der Waals surface area contributed by atoms with Crippen molar-refractivity contribution >= 4 is 17.5 Å². The molecule has 5 nitrogen and oxygen atoms in total. The maximum absolute atomic E-state index is 12.3. The van der Waals surface area contributed by atoms with Crippen LogP contribution in [0.4, 0.5) is 5.69 Å². The fraction of sp³-hybridized carbons (Fsp3) is 0.619. The average Bonchev–Trinajstić information content (AvgIpc) is 2.65. The molecule has 144 valence electrons. The second-order valence-electron chi connectivity index (χ2n) is 7.09. The molecule has 1 saturated heterocycles. The van der Waals surface area contributed by atoms with Gasteiger partial charge in [-0.25, -0.2) is 0 Å². The number of carbonyl (C=O) groups excluding carboxylic acids is 2. The van der Waals surface area contributed by atoms with Gasteiger partial charge in [0, 0.05) is 38.3 Å². The fourth-order valence-corrected chi connectivity index (χ4v) is 3.30. The summed E-state index contributed by atoms with van der Waals surface area (Å²) in [5.74, 6) is 0.275. The number of carbonyl (C=O) groups is 2. The van der Waals surface area contributed by atoms with E-state index in [1.54, 1.807) is 0 Å². The molecule has 5 heteroatoms. The summed E-state index contributed by atoms with van der Waals surface area (Å²) in [6.07, 6.45) is 7.91. The number of anilines is 1. The second kappa shape index (κ2) is 11.7. The molecule has 0 aromatic heterocycles. The van der Waals surface area contributed by atoms with E-state index in [1.807, 2.05) is 35.2 Å². The zero-order chi connectivity index (χ0) is 18.6. The summed E-state index contributed by atoms with van der Waals surface area (Å²) in [7, 11) is 0. The smallest absolute Gasteiger partial charge is 0.238 e. The molecule has 1 fully saturated rings. The molecule has 26 heavy (non-hydrogen) atoms. The summed E-state index contributed by atoms with van der Waals surface area (Å²) in [5.41, 5.74) is 0.824. The van der Waals surface area contributed by atoms with Crippen molar-refractivity contribution in [3.8, 4) is 0 Å². The Balaban J connectivity index is 1.59. The van der Waals surface area contributed by atoms with Gasteiger partial charge in [-0.15, -0.1) is 0 Å². The SMILES string of the molecule is CCCCCCCCC(=O)N1CCN(CC(=O)Nc2ccccc2)CC1. The van der Waals surface area contributed by atoms with Crippen LogP contribution in [0, 0.1) is 0 Å². The van der Waals surface area contributed by atoms with Crippen LogP contribution in [0.1, 0.15) is 51.9 Å². The third kappa shape index (κ3) is 7.56. The molecule has 1 aliphatic rings. The molecular weight excluding hydrogens is 326 g/mol. The summed E-state index contributed by atoms with van der Waals surface area (Å²) in [6, 6.07) is 9.51. The van der Waals surface area contributed by atoms with Gasteiger partial charge in [0.1, 0.15) is 0 Å². The molecule has 0 spiro atoms. The Bertz CT molecular complexity index is 539. The number of rotatable bonds is 10. The van der Waals surface area contributed by atoms with Gasteiger partial charge in [-0.05, 0) is 18.6 Å². The van der Waals surface area contributed by atoms with Crippen LogP contribution in [-0.2, 0) is 9.59 Å². The van der Waals surface area contributed by atoms with E-state index in [4.69, 9.17) is 0 Å². The average molecular weight is 360 g/mol. The van der Waals surface area contributed by atoms with E-state index >= 15 is 0 Å². The monoisotopic (exact) mass is 359 g/mol. The molecule has 0 unspecified atom stereocenters. The Morgan fingerprint density at radius 2 is 1.58 bits per heavy atom. The highest BCUT2D eigenvalue weighted by Gasteiger charge is 2.22. The lowest BCUT2D eigenvalue weighted by molar-refractivity contribution is -0.133. The maximum atomic E-state index is 12.3. The lowest BCUT2D eigenvalue weighted by atomic mass is 10.1. The van der Waals surface area contributed by atoms with Crippen LogP contribution in [0.2, 0.25) is 0 Å². The maximum Gasteiger partial charge on any atom is 0.238 e. The van der Waals surface area contributed by atoms with Crippen molar-refractivity contribution in [1.82, 2.24) is 9.80 Å². The minimum absolute atomic E-state index is 0.00283. The van der Waals surface area contributed by atoms with Gasteiger partial charge < -0.3 is 10.2 Å². The van der Waals surface area contributed by atoms with Crippen LogP contribution in [-0.4, -0.2) is 54.3 Å². The zero-order valence-corrected chi connectivity index (χ0v) is 16.1. The van der Waals surface area contributed by atoms with Gasteiger partial charge in [0.2, 0.25) is 11.8 Å². The first-order valence-electron chi connectivity index (χ1n) is 10.0. The van der Waals surface area contributed by atoms with E-state index in [9.17, 15) is 9.59 Å². The first-order valence-corrected chi connectivity index (χ1v) is 10.0. The largest absolute Gasteiger partial charge is 0.340 e. The first kappa shape index (κ1) is 20.4. The number of hydrogen-bond acceptors (Lipinski definition) is 3. The van der Waals surface area contributed by atoms with Crippen LogP contribution in [0.3, 0.4) is 0 Å². The van der Waals surface area contributed by atoms with Gasteiger partial charge in [0.15, 0.2) is 0 Å². The van der Waals surface area contributed by atoms with Crippen molar-refractivity contribution in [3.05, 3.63) is 30.3 Å². The molecule has 1 N–H and O–H groups in total. The Hall–Kier alpha value is -1.88. The highest BCUT2D eigenvalue weighted by molar-refractivity contribution is 5.92. The lowest BCUT2D eigenvalue weighted by Gasteiger charge is -2.34. The number of nitrogens with one attached hydrogen (secondary N) is 1. The van der Waals surface area contributed by atoms with Crippen LogP contribution < -0.4 is 5.32 Å². The number of nitrogens with zero attached hydrogens (tertiary/aromatic N) is 2. The minimum atomic E-state index is 0.00283. The number of benzene rings is 1. The van der Waals surface area contributed by atoms with E-state index in [-0.39, 0.29) is 11.8 Å². The van der Waals surface area contributed by atoms with E-state index in [2.05, 4.69) is 17.1 Å². The van der Waals surface area contributed by atoms with Crippen molar-refractivity contribution < 1.29 is 9.59 Å². The normalized spacial score (nSPS) is 15.0. The van der Waals surface area contributed by atoms with Gasteiger partial charge in [-0.1, -0.05) is 57.2 Å². The number of unbranched alkanes of at least 4 members (excludes halogenated alkanes) is 5. The summed E-state index contributed by atoms with van der Waals surface area (Å²) < 4.78 is 0. The third-order valence-electron chi connectivity index (χ3n) is 4.89. The molecule has 2 rings (SSSR count). The Labute approximate surface area is 157 Å². The van der Waals surface area contributed by atoms with E-state index in [0.717, 1.165) is 44.7 Å². The Morgan fingerprint density at radius 1 is 0.923 bits per heavy atom. The van der Waals surface area contributed by atoms with Gasteiger partial charge >= 0.3 is 0 Å². The Kier molecular flexibility index (Phi) is 9.18. The van der Waals surface area contributed by atoms with Crippen molar-refractivity contribution in [2.45, 2.75) is 51.9 Å². The zero-order valence-electron chi connectivity index (χ0n) is 16.1. The van der Waals surface area contributed by atoms with E-state index in [1.165, 1.54) is 25.7 Å². The molecule has 1 aromatic rings. The van der Waals surface area contributed by atoms with Gasteiger partial charge in [-0.2, -0.15) is 0 Å². The topological polar surface area (TPSA) is 52.7 Å². The van der Waals surface area contributed by atoms with Crippen LogP contribution in [0.25, 0.3) is 0 Å². The molecule has 0 atom stereocenters. The molecule has 0 radical (unpaired) electrons. The molecule has 0 bridgehead atoms. The van der Waals surface area contributed by atoms with Crippen molar-refractivity contribution in [2.75, 3.05) is 38.0 Å². The fourth-order valence-electron chi connectivity index (χ4n) is 3.30. The first-order chi connectivity index (χ1) is 12.7. The molecule has 2 amide bonds.